The fourth-order valence-corrected chi connectivity index (χ4v) is 3.94. The van der Waals surface area contributed by atoms with Gasteiger partial charge >= 0.3 is 5.97 Å². The number of carbonyl (C=O) groups is 1. The first-order valence-electron chi connectivity index (χ1n) is 6.44. The van der Waals surface area contributed by atoms with E-state index in [1.165, 1.54) is 22.5 Å². The van der Waals surface area contributed by atoms with Gasteiger partial charge in [-0.1, -0.05) is 12.1 Å². The van der Waals surface area contributed by atoms with Crippen LogP contribution in [0, 0.1) is 0 Å². The molecule has 1 aliphatic heterocycles. The Morgan fingerprint density at radius 2 is 2.19 bits per heavy atom. The van der Waals surface area contributed by atoms with Gasteiger partial charge in [-0.05, 0) is 17.7 Å². The second-order valence-electron chi connectivity index (χ2n) is 4.78. The van der Waals surface area contributed by atoms with Gasteiger partial charge in [-0.15, -0.1) is 0 Å². The predicted molar refractivity (Wildman–Crippen MR) is 74.4 cm³/mol. The lowest BCUT2D eigenvalue weighted by Gasteiger charge is -2.33. The summed E-state index contributed by atoms with van der Waals surface area (Å²) < 4.78 is 31.2. The lowest BCUT2D eigenvalue weighted by Crippen LogP contribution is -2.50. The summed E-state index contributed by atoms with van der Waals surface area (Å²) in [5.74, 6) is -1.40. The van der Waals surface area contributed by atoms with E-state index in [4.69, 9.17) is 9.84 Å². The van der Waals surface area contributed by atoms with Crippen molar-refractivity contribution in [3.63, 3.8) is 0 Å². The Kier molecular flexibility index (Phi) is 4.94. The molecule has 1 saturated heterocycles. The minimum absolute atomic E-state index is 0.0448. The number of aromatic carboxylic acids is 1. The van der Waals surface area contributed by atoms with Crippen LogP contribution in [0.3, 0.4) is 0 Å². The summed E-state index contributed by atoms with van der Waals surface area (Å²) in [7, 11) is -3.64. The molecule has 8 heteroatoms. The molecule has 1 aromatic carbocycles. The van der Waals surface area contributed by atoms with Crippen molar-refractivity contribution in [3.8, 4) is 0 Å². The van der Waals surface area contributed by atoms with Crippen molar-refractivity contribution in [1.29, 1.82) is 0 Å². The van der Waals surface area contributed by atoms with Gasteiger partial charge in [0.05, 0.1) is 37.2 Å². The zero-order valence-electron chi connectivity index (χ0n) is 11.3. The third-order valence-electron chi connectivity index (χ3n) is 3.26. The highest BCUT2D eigenvalue weighted by atomic mass is 32.2. The van der Waals surface area contributed by atoms with E-state index in [0.29, 0.717) is 5.56 Å². The fourth-order valence-electron chi connectivity index (χ4n) is 2.24. The molecule has 0 spiro atoms. The van der Waals surface area contributed by atoms with Gasteiger partial charge in [0.25, 0.3) is 0 Å². The second-order valence-corrected chi connectivity index (χ2v) is 6.71. The highest BCUT2D eigenvalue weighted by molar-refractivity contribution is 7.88. The van der Waals surface area contributed by atoms with Crippen molar-refractivity contribution < 1.29 is 28.2 Å². The van der Waals surface area contributed by atoms with E-state index in [1.54, 1.807) is 6.07 Å². The van der Waals surface area contributed by atoms with Gasteiger partial charge in [-0.3, -0.25) is 0 Å². The molecule has 0 amide bonds. The molecule has 21 heavy (non-hydrogen) atoms. The number of ether oxygens (including phenoxy) is 1. The van der Waals surface area contributed by atoms with E-state index in [1.807, 2.05) is 0 Å². The molecule has 0 bridgehead atoms. The van der Waals surface area contributed by atoms with Gasteiger partial charge < -0.3 is 14.9 Å². The smallest absolute Gasteiger partial charge is 0.335 e. The standard InChI is InChI=1S/C13H17NO6S/c15-7-12-8-20-5-4-14(12)21(18,19)9-10-2-1-3-11(6-10)13(16)17/h1-3,6,12,15H,4-5,7-9H2,(H,16,17). The van der Waals surface area contributed by atoms with Gasteiger partial charge in [0, 0.05) is 6.54 Å². The first kappa shape index (κ1) is 15.9. The molecule has 1 fully saturated rings. The first-order valence-corrected chi connectivity index (χ1v) is 8.05. The number of sulfonamides is 1. The Hall–Kier alpha value is -1.48. The zero-order valence-corrected chi connectivity index (χ0v) is 12.1. The van der Waals surface area contributed by atoms with Crippen LogP contribution >= 0.6 is 0 Å². The van der Waals surface area contributed by atoms with E-state index in [0.717, 1.165) is 0 Å². The molecule has 0 radical (unpaired) electrons. The maximum Gasteiger partial charge on any atom is 0.335 e. The van der Waals surface area contributed by atoms with E-state index in [2.05, 4.69) is 0 Å². The maximum absolute atomic E-state index is 12.4. The van der Waals surface area contributed by atoms with Crippen molar-refractivity contribution >= 4 is 16.0 Å². The highest BCUT2D eigenvalue weighted by Gasteiger charge is 2.32. The van der Waals surface area contributed by atoms with Gasteiger partial charge in [0.15, 0.2) is 0 Å². The Morgan fingerprint density at radius 3 is 2.86 bits per heavy atom. The van der Waals surface area contributed by atoms with Crippen molar-refractivity contribution in [1.82, 2.24) is 4.31 Å². The van der Waals surface area contributed by atoms with Crippen LogP contribution in [0.2, 0.25) is 0 Å². The van der Waals surface area contributed by atoms with Gasteiger partial charge in [0.2, 0.25) is 10.0 Å². The SMILES string of the molecule is O=C(O)c1cccc(CS(=O)(=O)N2CCOCC2CO)c1. The number of aliphatic hydroxyl groups excluding tert-OH is 1. The Morgan fingerprint density at radius 1 is 1.43 bits per heavy atom. The Bertz CT molecular complexity index is 615. The summed E-state index contributed by atoms with van der Waals surface area (Å²) in [5, 5.41) is 18.2. The molecule has 1 aliphatic rings. The van der Waals surface area contributed by atoms with Gasteiger partial charge in [0.1, 0.15) is 0 Å². The van der Waals surface area contributed by atoms with Gasteiger partial charge in [-0.25, -0.2) is 13.2 Å². The summed E-state index contributed by atoms with van der Waals surface area (Å²) in [4.78, 5) is 10.9. The lowest BCUT2D eigenvalue weighted by molar-refractivity contribution is 0.0108. The normalized spacial score (nSPS) is 20.3. The molecule has 1 aromatic rings. The van der Waals surface area contributed by atoms with E-state index in [9.17, 15) is 18.3 Å². The highest BCUT2D eigenvalue weighted by Crippen LogP contribution is 2.17. The minimum Gasteiger partial charge on any atom is -0.478 e. The van der Waals surface area contributed by atoms with Crippen LogP contribution in [-0.2, 0) is 20.5 Å². The van der Waals surface area contributed by atoms with Crippen LogP contribution in [0.4, 0.5) is 0 Å². The number of rotatable bonds is 5. The lowest BCUT2D eigenvalue weighted by atomic mass is 10.1. The number of carboxylic acids is 1. The Labute approximate surface area is 122 Å². The monoisotopic (exact) mass is 315 g/mol. The van der Waals surface area contributed by atoms with Crippen molar-refractivity contribution in [3.05, 3.63) is 35.4 Å². The molecular formula is C13H17NO6S. The summed E-state index contributed by atoms with van der Waals surface area (Å²) in [5.41, 5.74) is 0.446. The van der Waals surface area contributed by atoms with Crippen molar-refractivity contribution in [2.75, 3.05) is 26.4 Å². The van der Waals surface area contributed by atoms with Crippen molar-refractivity contribution in [2.24, 2.45) is 0 Å². The second kappa shape index (κ2) is 6.52. The van der Waals surface area contributed by atoms with Crippen LogP contribution in [0.1, 0.15) is 15.9 Å². The summed E-state index contributed by atoms with van der Waals surface area (Å²) in [6, 6.07) is 5.24. The van der Waals surface area contributed by atoms with Gasteiger partial charge in [-0.2, -0.15) is 4.31 Å². The molecule has 7 nitrogen and oxygen atoms in total. The quantitative estimate of drug-likeness (QED) is 0.787. The van der Waals surface area contributed by atoms with Crippen LogP contribution in [0.5, 0.6) is 0 Å². The molecular weight excluding hydrogens is 298 g/mol. The predicted octanol–water partition coefficient (Wildman–Crippen LogP) is -0.0923. The molecule has 2 N–H and O–H groups in total. The van der Waals surface area contributed by atoms with Crippen LogP contribution < -0.4 is 0 Å². The average Bonchev–Trinajstić information content (AvgIpc) is 2.47. The van der Waals surface area contributed by atoms with Crippen LogP contribution in [0.15, 0.2) is 24.3 Å². The number of aliphatic hydroxyl groups is 1. The minimum atomic E-state index is -3.64. The molecule has 1 unspecified atom stereocenters. The number of hydrogen-bond donors (Lipinski definition) is 2. The molecule has 0 aromatic heterocycles. The Balaban J connectivity index is 2.20. The maximum atomic E-state index is 12.4. The fraction of sp³-hybridized carbons (Fsp3) is 0.462. The molecule has 0 aliphatic carbocycles. The number of carboxylic acid groups (broad SMARTS) is 1. The van der Waals surface area contributed by atoms with E-state index >= 15 is 0 Å². The zero-order chi connectivity index (χ0) is 15.5. The molecule has 1 atom stereocenters. The molecule has 116 valence electrons. The van der Waals surface area contributed by atoms with E-state index in [-0.39, 0.29) is 37.7 Å². The summed E-state index contributed by atoms with van der Waals surface area (Å²) >= 11 is 0. The molecule has 0 saturated carbocycles. The number of morpholine rings is 1. The number of hydrogen-bond acceptors (Lipinski definition) is 5. The van der Waals surface area contributed by atoms with E-state index < -0.39 is 22.0 Å². The molecule has 1 heterocycles. The summed E-state index contributed by atoms with van der Waals surface area (Å²) in [6.45, 7) is 0.316. The van der Waals surface area contributed by atoms with Crippen LogP contribution in [-0.4, -0.2) is 61.3 Å². The van der Waals surface area contributed by atoms with Crippen molar-refractivity contribution in [2.45, 2.75) is 11.8 Å². The molecule has 2 rings (SSSR count). The largest absolute Gasteiger partial charge is 0.478 e. The number of nitrogens with zero attached hydrogens (tertiary/aromatic N) is 1. The van der Waals surface area contributed by atoms with Crippen LogP contribution in [0.25, 0.3) is 0 Å². The third-order valence-corrected chi connectivity index (χ3v) is 5.16. The first-order chi connectivity index (χ1) is 9.94. The topological polar surface area (TPSA) is 104 Å². The number of benzene rings is 1. The summed E-state index contributed by atoms with van der Waals surface area (Å²) in [6.07, 6.45) is 0. The third kappa shape index (κ3) is 3.79. The average molecular weight is 315 g/mol.